The highest BCUT2D eigenvalue weighted by atomic mass is 16.3. The molecule has 1 aliphatic rings. The first kappa shape index (κ1) is 11.2. The quantitative estimate of drug-likeness (QED) is 0.673. The van der Waals surface area contributed by atoms with Gasteiger partial charge in [-0.1, -0.05) is 20.8 Å². The summed E-state index contributed by atoms with van der Waals surface area (Å²) in [5.41, 5.74) is 0.662. The van der Waals surface area contributed by atoms with Gasteiger partial charge in [0.15, 0.2) is 5.78 Å². The third-order valence-corrected chi connectivity index (χ3v) is 3.82. The predicted octanol–water partition coefficient (Wildman–Crippen LogP) is 3.69. The number of carbonyl (C=O) groups is 1. The molecule has 0 N–H and O–H groups in total. The Bertz CT molecular complexity index is 410. The summed E-state index contributed by atoms with van der Waals surface area (Å²) in [4.78, 5) is 12.3. The molecule has 2 nitrogen and oxygen atoms in total. The number of carbonyl (C=O) groups excluding carboxylic acids is 1. The lowest BCUT2D eigenvalue weighted by atomic mass is 9.67. The number of ketones is 1. The van der Waals surface area contributed by atoms with E-state index in [-0.39, 0.29) is 11.2 Å². The molecule has 1 aliphatic carbocycles. The Morgan fingerprint density at radius 2 is 2.25 bits per heavy atom. The molecule has 1 saturated carbocycles. The Balaban J connectivity index is 2.28. The topological polar surface area (TPSA) is 30.2 Å². The molecular weight excluding hydrogens is 200 g/mol. The normalized spacial score (nSPS) is 27.3. The van der Waals surface area contributed by atoms with E-state index in [9.17, 15) is 4.79 Å². The monoisotopic (exact) mass is 218 g/mol. The van der Waals surface area contributed by atoms with E-state index in [0.29, 0.717) is 5.92 Å². The molecule has 0 spiro atoms. The van der Waals surface area contributed by atoms with Gasteiger partial charge >= 0.3 is 0 Å². The van der Waals surface area contributed by atoms with E-state index in [1.807, 2.05) is 32.1 Å². The first-order valence-electron chi connectivity index (χ1n) is 5.80. The first-order valence-corrected chi connectivity index (χ1v) is 5.80. The van der Waals surface area contributed by atoms with Gasteiger partial charge in [0.1, 0.15) is 5.76 Å². The van der Waals surface area contributed by atoms with Crippen LogP contribution in [-0.2, 0) is 4.79 Å². The van der Waals surface area contributed by atoms with Crippen molar-refractivity contribution in [2.45, 2.75) is 33.6 Å². The summed E-state index contributed by atoms with van der Waals surface area (Å²) in [5.74, 6) is 1.49. The van der Waals surface area contributed by atoms with E-state index in [1.54, 1.807) is 6.26 Å². The lowest BCUT2D eigenvalue weighted by Gasteiger charge is -2.36. The van der Waals surface area contributed by atoms with Crippen molar-refractivity contribution < 1.29 is 9.21 Å². The fourth-order valence-corrected chi connectivity index (χ4v) is 2.17. The Hall–Kier alpha value is -1.31. The van der Waals surface area contributed by atoms with Gasteiger partial charge in [-0.2, -0.15) is 0 Å². The molecule has 2 heteroatoms. The second-order valence-electron chi connectivity index (χ2n) is 5.18. The molecule has 1 aromatic rings. The molecule has 0 saturated heterocycles. The van der Waals surface area contributed by atoms with Crippen molar-refractivity contribution in [2.75, 3.05) is 0 Å². The minimum atomic E-state index is -0.239. The molecule has 0 bridgehead atoms. The molecule has 0 aromatic carbocycles. The van der Waals surface area contributed by atoms with E-state index in [1.165, 1.54) is 0 Å². The van der Waals surface area contributed by atoms with Crippen molar-refractivity contribution in [3.05, 3.63) is 29.7 Å². The van der Waals surface area contributed by atoms with Crippen LogP contribution in [0.15, 0.2) is 28.4 Å². The Morgan fingerprint density at radius 3 is 2.88 bits per heavy atom. The highest BCUT2D eigenvalue weighted by Gasteiger charge is 2.39. The van der Waals surface area contributed by atoms with Crippen molar-refractivity contribution in [1.82, 2.24) is 0 Å². The molecule has 1 heterocycles. The van der Waals surface area contributed by atoms with E-state index < -0.39 is 0 Å². The summed E-state index contributed by atoms with van der Waals surface area (Å²) in [5, 5.41) is 0. The molecule has 0 amide bonds. The summed E-state index contributed by atoms with van der Waals surface area (Å²) < 4.78 is 5.25. The standard InChI is InChI=1S/C14H18O2/c1-10-6-7-11(13(15)14(10,2)3)9-12-5-4-8-16-12/h4-5,8-10H,6-7H2,1-3H3/b11-9-. The summed E-state index contributed by atoms with van der Waals surface area (Å²) >= 11 is 0. The second kappa shape index (κ2) is 3.93. The summed E-state index contributed by atoms with van der Waals surface area (Å²) in [6.07, 6.45) is 5.46. The van der Waals surface area contributed by atoms with Gasteiger partial charge in [0.25, 0.3) is 0 Å². The molecule has 0 aliphatic heterocycles. The summed E-state index contributed by atoms with van der Waals surface area (Å²) in [6, 6.07) is 3.72. The van der Waals surface area contributed by atoms with Crippen LogP contribution in [0.25, 0.3) is 6.08 Å². The molecule has 1 fully saturated rings. The van der Waals surface area contributed by atoms with Crippen molar-refractivity contribution in [3.63, 3.8) is 0 Å². The second-order valence-corrected chi connectivity index (χ2v) is 5.18. The van der Waals surface area contributed by atoms with Gasteiger partial charge in [0.2, 0.25) is 0 Å². The van der Waals surface area contributed by atoms with Crippen molar-refractivity contribution >= 4 is 11.9 Å². The average molecular weight is 218 g/mol. The van der Waals surface area contributed by atoms with Crippen LogP contribution in [0.2, 0.25) is 0 Å². The molecular formula is C14H18O2. The number of allylic oxidation sites excluding steroid dienone is 1. The van der Waals surface area contributed by atoms with E-state index >= 15 is 0 Å². The minimum absolute atomic E-state index is 0.239. The van der Waals surface area contributed by atoms with Crippen LogP contribution in [0.4, 0.5) is 0 Å². The van der Waals surface area contributed by atoms with Crippen LogP contribution in [0.3, 0.4) is 0 Å². The number of furan rings is 1. The van der Waals surface area contributed by atoms with Gasteiger partial charge in [-0.05, 0) is 42.5 Å². The third-order valence-electron chi connectivity index (χ3n) is 3.82. The Labute approximate surface area is 96.3 Å². The molecule has 1 atom stereocenters. The van der Waals surface area contributed by atoms with Gasteiger partial charge < -0.3 is 4.42 Å². The number of hydrogen-bond donors (Lipinski definition) is 0. The van der Waals surface area contributed by atoms with E-state index in [0.717, 1.165) is 24.2 Å². The Morgan fingerprint density at radius 1 is 1.50 bits per heavy atom. The predicted molar refractivity (Wildman–Crippen MR) is 63.9 cm³/mol. The van der Waals surface area contributed by atoms with Gasteiger partial charge in [0, 0.05) is 5.41 Å². The zero-order valence-corrected chi connectivity index (χ0v) is 10.1. The van der Waals surface area contributed by atoms with Gasteiger partial charge in [-0.25, -0.2) is 0 Å². The minimum Gasteiger partial charge on any atom is -0.465 e. The zero-order valence-electron chi connectivity index (χ0n) is 10.1. The lowest BCUT2D eigenvalue weighted by Crippen LogP contribution is -2.36. The lowest BCUT2D eigenvalue weighted by molar-refractivity contribution is -0.127. The summed E-state index contributed by atoms with van der Waals surface area (Å²) in [7, 11) is 0. The molecule has 86 valence electrons. The van der Waals surface area contributed by atoms with Crippen LogP contribution < -0.4 is 0 Å². The maximum atomic E-state index is 12.3. The van der Waals surface area contributed by atoms with Crippen LogP contribution in [0.5, 0.6) is 0 Å². The third kappa shape index (κ3) is 1.84. The van der Waals surface area contributed by atoms with Crippen LogP contribution in [-0.4, -0.2) is 5.78 Å². The fraction of sp³-hybridized carbons (Fsp3) is 0.500. The molecule has 1 aromatic heterocycles. The van der Waals surface area contributed by atoms with Crippen LogP contribution in [0.1, 0.15) is 39.4 Å². The van der Waals surface area contributed by atoms with E-state index in [2.05, 4.69) is 6.92 Å². The van der Waals surface area contributed by atoms with Crippen molar-refractivity contribution in [1.29, 1.82) is 0 Å². The first-order chi connectivity index (χ1) is 7.51. The maximum absolute atomic E-state index is 12.3. The highest BCUT2D eigenvalue weighted by molar-refractivity contribution is 6.03. The number of rotatable bonds is 1. The van der Waals surface area contributed by atoms with E-state index in [4.69, 9.17) is 4.42 Å². The summed E-state index contributed by atoms with van der Waals surface area (Å²) in [6.45, 7) is 6.23. The largest absolute Gasteiger partial charge is 0.465 e. The highest BCUT2D eigenvalue weighted by Crippen LogP contribution is 2.40. The van der Waals surface area contributed by atoms with Gasteiger partial charge in [-0.3, -0.25) is 4.79 Å². The van der Waals surface area contributed by atoms with Crippen molar-refractivity contribution in [2.24, 2.45) is 11.3 Å². The van der Waals surface area contributed by atoms with Crippen LogP contribution >= 0.6 is 0 Å². The van der Waals surface area contributed by atoms with Gasteiger partial charge in [0.05, 0.1) is 6.26 Å². The maximum Gasteiger partial charge on any atom is 0.164 e. The molecule has 2 rings (SSSR count). The fourth-order valence-electron chi connectivity index (χ4n) is 2.17. The van der Waals surface area contributed by atoms with Crippen molar-refractivity contribution in [3.8, 4) is 0 Å². The van der Waals surface area contributed by atoms with Gasteiger partial charge in [-0.15, -0.1) is 0 Å². The van der Waals surface area contributed by atoms with Crippen LogP contribution in [0, 0.1) is 11.3 Å². The zero-order chi connectivity index (χ0) is 11.8. The molecule has 1 unspecified atom stereocenters. The smallest absolute Gasteiger partial charge is 0.164 e. The average Bonchev–Trinajstić information content (AvgIpc) is 2.73. The number of Topliss-reactive ketones (excluding diaryl/α,β-unsaturated/α-hetero) is 1. The Kier molecular flexibility index (Phi) is 2.75. The molecule has 0 radical (unpaired) electrons. The SMILES string of the molecule is CC1CC/C(=C/c2ccco2)C(=O)C1(C)C. The number of hydrogen-bond acceptors (Lipinski definition) is 2. The molecule has 16 heavy (non-hydrogen) atoms.